The van der Waals surface area contributed by atoms with Gasteiger partial charge in [0.15, 0.2) is 0 Å². The van der Waals surface area contributed by atoms with Crippen molar-refractivity contribution in [3.8, 4) is 0 Å². The fraction of sp³-hybridized carbons (Fsp3) is 0.545. The van der Waals surface area contributed by atoms with Crippen LogP contribution in [0.3, 0.4) is 0 Å². The highest BCUT2D eigenvalue weighted by atomic mass is 15.1. The topological polar surface area (TPSA) is 17.8 Å². The molecule has 1 aromatic heterocycles. The zero-order valence-corrected chi connectivity index (χ0v) is 7.95. The molecule has 0 bridgehead atoms. The highest BCUT2D eigenvalue weighted by molar-refractivity contribution is 5.04. The highest BCUT2D eigenvalue weighted by Gasteiger charge is 2.29. The maximum Gasteiger partial charge on any atom is 0.0953 e. The maximum atomic E-state index is 4.11. The molecule has 1 aliphatic rings. The molecule has 0 aromatic carbocycles. The Labute approximate surface area is 79.3 Å². The van der Waals surface area contributed by atoms with Crippen LogP contribution in [-0.2, 0) is 5.54 Å². The van der Waals surface area contributed by atoms with Gasteiger partial charge in [0.2, 0.25) is 0 Å². The summed E-state index contributed by atoms with van der Waals surface area (Å²) in [7, 11) is 0. The van der Waals surface area contributed by atoms with Gasteiger partial charge in [-0.1, -0.05) is 25.3 Å². The minimum absolute atomic E-state index is 0.161. The molecular weight excluding hydrogens is 160 g/mol. The lowest BCUT2D eigenvalue weighted by Gasteiger charge is -2.35. The third-order valence-electron chi connectivity index (χ3n) is 3.12. The quantitative estimate of drug-likeness (QED) is 0.633. The molecule has 2 rings (SSSR count). The second-order valence-corrected chi connectivity index (χ2v) is 3.84. The smallest absolute Gasteiger partial charge is 0.0953 e. The standard InChI is InChI=1S/C11H16N2/c1-2-11(6-4-3-5-7-11)13-9-8-12-10-13/h2,8-10H,1,3-7H2. The first-order chi connectivity index (χ1) is 6.37. The molecule has 2 heteroatoms. The molecule has 1 fully saturated rings. The molecule has 1 aliphatic carbocycles. The van der Waals surface area contributed by atoms with E-state index in [0.29, 0.717) is 0 Å². The number of rotatable bonds is 2. The Balaban J connectivity index is 2.28. The van der Waals surface area contributed by atoms with E-state index in [1.165, 1.54) is 32.1 Å². The Morgan fingerprint density at radius 3 is 2.62 bits per heavy atom. The van der Waals surface area contributed by atoms with Crippen LogP contribution in [0, 0.1) is 0 Å². The second-order valence-electron chi connectivity index (χ2n) is 3.84. The van der Waals surface area contributed by atoms with Crippen LogP contribution in [0.2, 0.25) is 0 Å². The van der Waals surface area contributed by atoms with Crippen molar-refractivity contribution in [2.45, 2.75) is 37.6 Å². The molecule has 0 amide bonds. The average molecular weight is 176 g/mol. The van der Waals surface area contributed by atoms with Gasteiger partial charge in [-0.15, -0.1) is 6.58 Å². The van der Waals surface area contributed by atoms with Crippen LogP contribution in [0.1, 0.15) is 32.1 Å². The first-order valence-corrected chi connectivity index (χ1v) is 4.99. The number of allylic oxidation sites excluding steroid dienone is 1. The summed E-state index contributed by atoms with van der Waals surface area (Å²) < 4.78 is 2.21. The molecule has 2 nitrogen and oxygen atoms in total. The molecule has 0 saturated heterocycles. The Hall–Kier alpha value is -1.05. The maximum absolute atomic E-state index is 4.11. The molecule has 1 saturated carbocycles. The molecule has 0 aliphatic heterocycles. The van der Waals surface area contributed by atoms with Crippen LogP contribution >= 0.6 is 0 Å². The van der Waals surface area contributed by atoms with Crippen LogP contribution in [0.4, 0.5) is 0 Å². The first kappa shape index (κ1) is 8.54. The van der Waals surface area contributed by atoms with Crippen molar-refractivity contribution in [1.29, 1.82) is 0 Å². The van der Waals surface area contributed by atoms with Crippen LogP contribution in [-0.4, -0.2) is 9.55 Å². The van der Waals surface area contributed by atoms with Gasteiger partial charge in [0, 0.05) is 12.4 Å². The Morgan fingerprint density at radius 2 is 2.08 bits per heavy atom. The van der Waals surface area contributed by atoms with E-state index in [0.717, 1.165) is 0 Å². The predicted octanol–water partition coefficient (Wildman–Crippen LogP) is 2.73. The van der Waals surface area contributed by atoms with E-state index >= 15 is 0 Å². The first-order valence-electron chi connectivity index (χ1n) is 4.99. The number of hydrogen-bond acceptors (Lipinski definition) is 1. The summed E-state index contributed by atoms with van der Waals surface area (Å²) in [5.74, 6) is 0. The van der Waals surface area contributed by atoms with E-state index < -0.39 is 0 Å². The van der Waals surface area contributed by atoms with Crippen molar-refractivity contribution in [3.63, 3.8) is 0 Å². The monoisotopic (exact) mass is 176 g/mol. The van der Waals surface area contributed by atoms with E-state index in [9.17, 15) is 0 Å². The van der Waals surface area contributed by atoms with Crippen molar-refractivity contribution >= 4 is 0 Å². The van der Waals surface area contributed by atoms with Crippen LogP contribution in [0.5, 0.6) is 0 Å². The third kappa shape index (κ3) is 1.41. The van der Waals surface area contributed by atoms with Gasteiger partial charge in [-0.3, -0.25) is 0 Å². The van der Waals surface area contributed by atoms with Gasteiger partial charge in [-0.2, -0.15) is 0 Å². The zero-order chi connectivity index (χ0) is 9.15. The molecule has 0 radical (unpaired) electrons. The molecule has 0 atom stereocenters. The van der Waals surface area contributed by atoms with Gasteiger partial charge >= 0.3 is 0 Å². The second kappa shape index (κ2) is 3.36. The summed E-state index contributed by atoms with van der Waals surface area (Å²) in [5, 5.41) is 0. The number of aromatic nitrogens is 2. The number of imidazole rings is 1. The van der Waals surface area contributed by atoms with Crippen LogP contribution < -0.4 is 0 Å². The summed E-state index contributed by atoms with van der Waals surface area (Å²) in [6, 6.07) is 0. The lowest BCUT2D eigenvalue weighted by Crippen LogP contribution is -2.32. The Morgan fingerprint density at radius 1 is 1.31 bits per heavy atom. The summed E-state index contributed by atoms with van der Waals surface area (Å²) in [4.78, 5) is 4.11. The van der Waals surface area contributed by atoms with Crippen molar-refractivity contribution in [1.82, 2.24) is 9.55 Å². The van der Waals surface area contributed by atoms with Crippen molar-refractivity contribution in [3.05, 3.63) is 31.4 Å². The van der Waals surface area contributed by atoms with Crippen molar-refractivity contribution < 1.29 is 0 Å². The van der Waals surface area contributed by atoms with Gasteiger partial charge in [-0.05, 0) is 12.8 Å². The number of hydrogen-bond donors (Lipinski definition) is 0. The van der Waals surface area contributed by atoms with E-state index in [4.69, 9.17) is 0 Å². The molecule has 70 valence electrons. The fourth-order valence-electron chi connectivity index (χ4n) is 2.25. The minimum atomic E-state index is 0.161. The molecule has 1 aromatic rings. The molecular formula is C11H16N2. The van der Waals surface area contributed by atoms with Crippen LogP contribution in [0.15, 0.2) is 31.4 Å². The molecule has 0 N–H and O–H groups in total. The predicted molar refractivity (Wildman–Crippen MR) is 53.5 cm³/mol. The normalized spacial score (nSPS) is 21.2. The molecule has 1 heterocycles. The SMILES string of the molecule is C=CC1(n2ccnc2)CCCCC1. The summed E-state index contributed by atoms with van der Waals surface area (Å²) in [5.41, 5.74) is 0.161. The lowest BCUT2D eigenvalue weighted by atomic mass is 9.81. The van der Waals surface area contributed by atoms with Crippen LogP contribution in [0.25, 0.3) is 0 Å². The van der Waals surface area contributed by atoms with Gasteiger partial charge in [0.05, 0.1) is 11.9 Å². The average Bonchev–Trinajstić information content (AvgIpc) is 2.72. The van der Waals surface area contributed by atoms with E-state index in [1.807, 2.05) is 18.7 Å². The largest absolute Gasteiger partial charge is 0.328 e. The Bertz CT molecular complexity index is 268. The summed E-state index contributed by atoms with van der Waals surface area (Å²) in [6.45, 7) is 3.96. The molecule has 0 unspecified atom stereocenters. The van der Waals surface area contributed by atoms with Gasteiger partial charge in [0.25, 0.3) is 0 Å². The van der Waals surface area contributed by atoms with Crippen molar-refractivity contribution in [2.75, 3.05) is 0 Å². The van der Waals surface area contributed by atoms with E-state index in [1.54, 1.807) is 0 Å². The Kier molecular flexibility index (Phi) is 2.21. The van der Waals surface area contributed by atoms with Gasteiger partial charge < -0.3 is 4.57 Å². The van der Waals surface area contributed by atoms with Gasteiger partial charge in [-0.25, -0.2) is 4.98 Å². The third-order valence-corrected chi connectivity index (χ3v) is 3.12. The minimum Gasteiger partial charge on any atom is -0.328 e. The highest BCUT2D eigenvalue weighted by Crippen LogP contribution is 2.35. The number of nitrogens with zero attached hydrogens (tertiary/aromatic N) is 2. The van der Waals surface area contributed by atoms with Gasteiger partial charge in [0.1, 0.15) is 0 Å². The van der Waals surface area contributed by atoms with E-state index in [-0.39, 0.29) is 5.54 Å². The zero-order valence-electron chi connectivity index (χ0n) is 7.95. The molecule has 0 spiro atoms. The van der Waals surface area contributed by atoms with Crippen molar-refractivity contribution in [2.24, 2.45) is 0 Å². The lowest BCUT2D eigenvalue weighted by molar-refractivity contribution is 0.257. The molecule has 13 heavy (non-hydrogen) atoms. The fourth-order valence-corrected chi connectivity index (χ4v) is 2.25. The van der Waals surface area contributed by atoms with E-state index in [2.05, 4.69) is 22.2 Å². The summed E-state index contributed by atoms with van der Waals surface area (Å²) in [6.07, 6.45) is 14.3. The summed E-state index contributed by atoms with van der Waals surface area (Å²) >= 11 is 0.